The Labute approximate surface area is 679 Å². The minimum atomic E-state index is -0.973. The Hall–Kier alpha value is -9.63. The zero-order valence-electron chi connectivity index (χ0n) is 62.9. The molecule has 6 atom stereocenters. The van der Waals surface area contributed by atoms with Crippen LogP contribution in [-0.2, 0) is 56.2 Å². The smallest absolute Gasteiger partial charge is 0.414 e. The van der Waals surface area contributed by atoms with E-state index in [9.17, 15) is 59.1 Å². The summed E-state index contributed by atoms with van der Waals surface area (Å²) >= 11 is 6.91. The molecule has 2 saturated heterocycles. The molecule has 5 amide bonds. The number of thiophene rings is 1. The quantitative estimate of drug-likeness (QED) is 0.137. The highest BCUT2D eigenvalue weighted by Gasteiger charge is 2.57. The predicted molar refractivity (Wildman–Crippen MR) is 435 cm³/mol. The fourth-order valence-corrected chi connectivity index (χ4v) is 23.2. The number of nitrogens with one attached hydrogen (secondary N) is 2. The van der Waals surface area contributed by atoms with Gasteiger partial charge in [-0.15, -0.1) is 11.3 Å². The van der Waals surface area contributed by atoms with Gasteiger partial charge >= 0.3 is 6.09 Å². The van der Waals surface area contributed by atoms with Gasteiger partial charge < -0.3 is 20.3 Å². The number of thioether (sulfide) groups is 4. The number of halogens is 8. The lowest BCUT2D eigenvalue weighted by atomic mass is 9.86. The molecule has 115 heavy (non-hydrogen) atoms. The van der Waals surface area contributed by atoms with Gasteiger partial charge in [0.25, 0.3) is 11.8 Å². The first kappa shape index (κ1) is 80.6. The minimum Gasteiger partial charge on any atom is -0.449 e. The van der Waals surface area contributed by atoms with Crippen LogP contribution in [0.4, 0.5) is 51.3 Å². The fraction of sp³-hybridized carbons (Fsp3) is 0.321. The van der Waals surface area contributed by atoms with Crippen LogP contribution in [-0.4, -0.2) is 115 Å². The Morgan fingerprint density at radius 1 is 0.461 bits per heavy atom. The number of hydrogen-bond donors (Lipinski definition) is 2. The minimum absolute atomic E-state index is 0.00608. The summed E-state index contributed by atoms with van der Waals surface area (Å²) in [5.41, 5.74) is 7.59. The van der Waals surface area contributed by atoms with Crippen LogP contribution in [0.1, 0.15) is 147 Å². The summed E-state index contributed by atoms with van der Waals surface area (Å²) in [4.78, 5) is 65.9. The zero-order valence-corrected chi connectivity index (χ0v) is 67.0. The lowest BCUT2D eigenvalue weighted by molar-refractivity contribution is -0.137. The van der Waals surface area contributed by atoms with Crippen molar-refractivity contribution >= 4 is 120 Å². The third-order valence-corrected chi connectivity index (χ3v) is 28.3. The second-order valence-electron chi connectivity index (χ2n) is 28.8. The van der Waals surface area contributed by atoms with Crippen molar-refractivity contribution in [2.24, 2.45) is 20.4 Å². The lowest BCUT2D eigenvalue weighted by Crippen LogP contribution is -2.49. The van der Waals surface area contributed by atoms with Gasteiger partial charge in [0.1, 0.15) is 86.2 Å². The normalized spacial score (nSPS) is 23.4. The molecule has 31 heteroatoms. The molecule has 8 aromatic rings. The van der Waals surface area contributed by atoms with Gasteiger partial charge in [0, 0.05) is 95.0 Å². The van der Waals surface area contributed by atoms with Crippen molar-refractivity contribution in [1.29, 1.82) is 0 Å². The number of fused-ring (bicyclic) bond motifs is 8. The summed E-state index contributed by atoms with van der Waals surface area (Å²) in [6.45, 7) is 13.3. The third kappa shape index (κ3) is 15.2. The molecule has 0 radical (unpaired) electrons. The van der Waals surface area contributed by atoms with E-state index in [1.807, 2.05) is 60.8 Å². The number of allylic oxidation sites excluding steroid dienone is 1. The van der Waals surface area contributed by atoms with Crippen molar-refractivity contribution in [3.63, 3.8) is 0 Å². The molecule has 7 aromatic carbocycles. The van der Waals surface area contributed by atoms with Crippen LogP contribution in [0, 0.1) is 46.5 Å². The average Bonchev–Trinajstić information content (AvgIpc) is 1.65. The number of anilines is 2. The first-order valence-electron chi connectivity index (χ1n) is 37.8. The van der Waals surface area contributed by atoms with Crippen LogP contribution >= 0.6 is 58.4 Å². The van der Waals surface area contributed by atoms with E-state index in [2.05, 4.69) is 54.7 Å². The first-order valence-corrected chi connectivity index (χ1v) is 41.9. The lowest BCUT2D eigenvalue weighted by Gasteiger charge is -2.44. The summed E-state index contributed by atoms with van der Waals surface area (Å²) in [5, 5.41) is 33.5. The molecular weight excluding hydrogens is 1590 g/mol. The second-order valence-corrected chi connectivity index (χ2v) is 34.9. The third-order valence-electron chi connectivity index (χ3n) is 21.6. The second kappa shape index (κ2) is 33.2. The van der Waals surface area contributed by atoms with Crippen LogP contribution in [0.2, 0.25) is 0 Å². The number of carbonyl (C=O) groups excluding carboxylic acids is 5. The van der Waals surface area contributed by atoms with Crippen LogP contribution in [0.3, 0.4) is 0 Å². The number of benzene rings is 7. The summed E-state index contributed by atoms with van der Waals surface area (Å²) < 4.78 is 118. The largest absolute Gasteiger partial charge is 0.449 e. The average molecular weight is 1660 g/mol. The predicted octanol–water partition coefficient (Wildman–Crippen LogP) is 17.6. The molecule has 2 fully saturated rings. The highest BCUT2D eigenvalue weighted by Crippen LogP contribution is 2.60. The van der Waals surface area contributed by atoms with Crippen molar-refractivity contribution in [3.05, 3.63) is 271 Å². The summed E-state index contributed by atoms with van der Waals surface area (Å²) in [5.74, 6) is -5.22. The zero-order chi connectivity index (χ0) is 80.8. The number of para-hydroxylation sites is 2. The number of carbonyl (C=O) groups is 5. The number of nitrogens with zero attached hydrogens (tertiary/aromatic N) is 10. The molecule has 18 rings (SSSR count). The standard InChI is InChI=1S/C22H21F2N3OS.C21H19F2N3O3S.C21H19F2N3OS.C20H19F2N3OS2/c23-15-9-10-18(24)16(13-15)20-26-27(21(28)19-8-4-12-25-19)22(29-20)11-3-6-14-5-1-2-7-17(14)22;1-3-29-20(28)25-11-10-21(16-6-4-5-7-18(16)25)26(13(2)27)24-19(30-21)15-12-14(22)8-9-17(15)23;1-13(2)25-11-10-21(17-6-4-5-7-19(17)25)26(14(3)27)24-20(28-21)16-12-15(22)8-9-18(16)23;21-12-5-6-15(22)13(11-12)18-24-25(19(26)16-3-2-9-23-16)20(28-18)8-1-4-17-14(20)7-10-27-17/h1-2,5,7,9-10,13,19,25H,3-4,6,8,11-12H2;4-9,12H,3,10-11H2,1-2H3;4-9,12H,1,10-11H2,2-3H3;5-7,10-11,16,23H,1-4,8-9H2/t;;;16-,20?/m...0/s1. The van der Waals surface area contributed by atoms with E-state index in [4.69, 9.17) is 4.74 Å². The van der Waals surface area contributed by atoms with Crippen LogP contribution in [0.5, 0.6) is 0 Å². The van der Waals surface area contributed by atoms with Crippen molar-refractivity contribution in [2.75, 3.05) is 42.6 Å². The first-order chi connectivity index (χ1) is 55.4. The number of ether oxygens (including phenoxy) is 1. The maximum Gasteiger partial charge on any atom is 0.414 e. The number of amides is 5. The molecule has 5 unspecified atom stereocenters. The van der Waals surface area contributed by atoms with E-state index < -0.39 is 72.1 Å². The van der Waals surface area contributed by atoms with Crippen molar-refractivity contribution in [1.82, 2.24) is 30.7 Å². The summed E-state index contributed by atoms with van der Waals surface area (Å²) in [6, 6.07) is 37.6. The highest BCUT2D eigenvalue weighted by molar-refractivity contribution is 8.16. The van der Waals surface area contributed by atoms with Gasteiger partial charge in [0.15, 0.2) is 0 Å². The summed E-state index contributed by atoms with van der Waals surface area (Å²) in [6.07, 6.45) is 9.06. The number of aryl methyl sites for hydroxylation is 2. The summed E-state index contributed by atoms with van der Waals surface area (Å²) in [7, 11) is 0. The molecule has 9 heterocycles. The van der Waals surface area contributed by atoms with E-state index in [1.165, 1.54) is 86.3 Å². The monoisotopic (exact) mass is 1660 g/mol. The van der Waals surface area contributed by atoms with Crippen molar-refractivity contribution in [2.45, 2.75) is 136 Å². The van der Waals surface area contributed by atoms with E-state index in [0.717, 1.165) is 178 Å². The van der Waals surface area contributed by atoms with Gasteiger partial charge in [0.05, 0.1) is 24.4 Å². The molecule has 4 spiro atoms. The molecular formula is C84H78F8N12O6S5. The van der Waals surface area contributed by atoms with Gasteiger partial charge in [-0.25, -0.2) is 60.0 Å². The Kier molecular flexibility index (Phi) is 23.2. The Bertz CT molecular complexity index is 5350. The van der Waals surface area contributed by atoms with Crippen molar-refractivity contribution < 1.29 is 63.8 Å². The van der Waals surface area contributed by atoms with Gasteiger partial charge in [-0.3, -0.25) is 24.1 Å². The Morgan fingerprint density at radius 3 is 1.26 bits per heavy atom. The molecule has 10 aliphatic rings. The number of hydrazone groups is 4. The molecule has 0 bridgehead atoms. The van der Waals surface area contributed by atoms with Gasteiger partial charge in [-0.05, 0) is 199 Å². The topological polar surface area (TPSA) is 188 Å². The maximum atomic E-state index is 14.5. The van der Waals surface area contributed by atoms with Gasteiger partial charge in [-0.1, -0.05) is 114 Å². The Morgan fingerprint density at radius 2 is 0.843 bits per heavy atom. The van der Waals surface area contributed by atoms with Gasteiger partial charge in [-0.2, -0.15) is 20.4 Å². The fourth-order valence-electron chi connectivity index (χ4n) is 16.3. The van der Waals surface area contributed by atoms with E-state index >= 15 is 0 Å². The number of rotatable bonds is 8. The number of hydrogen-bond acceptors (Lipinski definition) is 18. The van der Waals surface area contributed by atoms with Crippen LogP contribution in [0.25, 0.3) is 0 Å². The molecule has 0 saturated carbocycles. The highest BCUT2D eigenvalue weighted by atomic mass is 32.2. The van der Waals surface area contributed by atoms with E-state index in [-0.39, 0.29) is 76.2 Å². The van der Waals surface area contributed by atoms with Crippen LogP contribution in [0.15, 0.2) is 190 Å². The van der Waals surface area contributed by atoms with Gasteiger partial charge in [0.2, 0.25) is 11.8 Å². The Balaban J connectivity index is 0.000000121. The maximum absolute atomic E-state index is 14.5. The molecule has 2 aliphatic carbocycles. The molecule has 596 valence electrons. The molecule has 1 aromatic heterocycles. The molecule has 18 nitrogen and oxygen atoms in total. The molecule has 8 aliphatic heterocycles. The van der Waals surface area contributed by atoms with Crippen molar-refractivity contribution in [3.8, 4) is 0 Å². The SMILES string of the molecule is C=C(C)N1CCC2(SC(c3cc(F)ccc3F)=NN2C(C)=O)c2ccccc21.CCOC(=O)N1CCC2(SC(c3cc(F)ccc3F)=NN2C(C)=O)c2ccccc21.O=C(C1CCCN1)N1N=C(c2cc(F)ccc2F)SC12CCCc1ccccc12.O=C([C@@H]1CCCN1)N1N=C(c2cc(F)ccc2F)SC12CCCc1sccc12. The van der Waals surface area contributed by atoms with E-state index in [1.54, 1.807) is 46.5 Å². The van der Waals surface area contributed by atoms with Crippen LogP contribution < -0.4 is 20.4 Å². The van der Waals surface area contributed by atoms with E-state index in [0.29, 0.717) is 45.8 Å². The molecule has 2 N–H and O–H groups in total.